The van der Waals surface area contributed by atoms with Gasteiger partial charge >= 0.3 is 6.03 Å². The first-order valence-corrected chi connectivity index (χ1v) is 7.58. The Morgan fingerprint density at radius 3 is 2.73 bits per heavy atom. The molecule has 0 saturated carbocycles. The number of carbonyl (C=O) groups is 2. The third kappa shape index (κ3) is 4.65. The molecule has 1 fully saturated rings. The molecule has 1 aromatic carbocycles. The van der Waals surface area contributed by atoms with Gasteiger partial charge in [-0.05, 0) is 37.5 Å². The molecule has 0 aromatic heterocycles. The molecule has 0 radical (unpaired) electrons. The Bertz CT molecular complexity index is 525. The van der Waals surface area contributed by atoms with E-state index in [1.54, 1.807) is 4.90 Å². The predicted molar refractivity (Wildman–Crippen MR) is 83.6 cm³/mol. The van der Waals surface area contributed by atoms with Crippen LogP contribution in [0, 0.1) is 12.8 Å². The van der Waals surface area contributed by atoms with Crippen LogP contribution in [0.15, 0.2) is 24.3 Å². The molecule has 2 rings (SSSR count). The minimum atomic E-state index is -0.272. The van der Waals surface area contributed by atoms with Crippen molar-refractivity contribution in [2.75, 3.05) is 26.2 Å². The van der Waals surface area contributed by atoms with Crippen molar-refractivity contribution in [3.05, 3.63) is 29.8 Å². The number of nitrogens with one attached hydrogen (secondary N) is 1. The van der Waals surface area contributed by atoms with Crippen molar-refractivity contribution < 1.29 is 14.3 Å². The van der Waals surface area contributed by atoms with Gasteiger partial charge in [-0.3, -0.25) is 4.79 Å². The maximum atomic E-state index is 12.0. The average molecular weight is 305 g/mol. The van der Waals surface area contributed by atoms with E-state index in [4.69, 9.17) is 10.5 Å². The zero-order valence-electron chi connectivity index (χ0n) is 12.9. The standard InChI is InChI=1S/C16H23N3O3/c1-12-3-2-4-14(11-12)22-10-7-18-16(21)19-8-5-13(6-9-19)15(17)20/h2-4,11,13H,5-10H2,1H3,(H2,17,20)(H,18,21). The molecule has 1 aliphatic heterocycles. The summed E-state index contributed by atoms with van der Waals surface area (Å²) in [6, 6.07) is 7.67. The summed E-state index contributed by atoms with van der Waals surface area (Å²) in [4.78, 5) is 24.8. The zero-order chi connectivity index (χ0) is 15.9. The Labute approximate surface area is 130 Å². The SMILES string of the molecule is Cc1cccc(OCCNC(=O)N2CCC(C(N)=O)CC2)c1. The molecule has 0 spiro atoms. The lowest BCUT2D eigenvalue weighted by atomic mass is 9.96. The monoisotopic (exact) mass is 305 g/mol. The summed E-state index contributed by atoms with van der Waals surface area (Å²) in [6.07, 6.45) is 1.28. The maximum Gasteiger partial charge on any atom is 0.317 e. The summed E-state index contributed by atoms with van der Waals surface area (Å²) in [6.45, 7) is 4.01. The highest BCUT2D eigenvalue weighted by Gasteiger charge is 2.25. The number of nitrogens with two attached hydrogens (primary N) is 1. The average Bonchev–Trinajstić information content (AvgIpc) is 2.51. The number of urea groups is 1. The number of hydrogen-bond acceptors (Lipinski definition) is 3. The topological polar surface area (TPSA) is 84.7 Å². The van der Waals surface area contributed by atoms with Crippen LogP contribution in [0.4, 0.5) is 4.79 Å². The lowest BCUT2D eigenvalue weighted by Gasteiger charge is -2.30. The van der Waals surface area contributed by atoms with Crippen molar-refractivity contribution in [3.63, 3.8) is 0 Å². The number of amides is 3. The van der Waals surface area contributed by atoms with Gasteiger partial charge < -0.3 is 20.7 Å². The van der Waals surface area contributed by atoms with E-state index >= 15 is 0 Å². The smallest absolute Gasteiger partial charge is 0.317 e. The fourth-order valence-corrected chi connectivity index (χ4v) is 2.51. The van der Waals surface area contributed by atoms with Gasteiger partial charge in [0.25, 0.3) is 0 Å². The summed E-state index contributed by atoms with van der Waals surface area (Å²) >= 11 is 0. The maximum absolute atomic E-state index is 12.0. The van der Waals surface area contributed by atoms with E-state index in [0.717, 1.165) is 11.3 Å². The minimum absolute atomic E-state index is 0.103. The van der Waals surface area contributed by atoms with Crippen molar-refractivity contribution in [2.45, 2.75) is 19.8 Å². The highest BCUT2D eigenvalue weighted by Crippen LogP contribution is 2.16. The summed E-state index contributed by atoms with van der Waals surface area (Å²) in [5.41, 5.74) is 6.42. The second kappa shape index (κ2) is 7.68. The third-order valence-corrected chi connectivity index (χ3v) is 3.82. The number of hydrogen-bond donors (Lipinski definition) is 2. The number of rotatable bonds is 5. The Kier molecular flexibility index (Phi) is 5.63. The van der Waals surface area contributed by atoms with E-state index in [2.05, 4.69) is 5.32 Å². The van der Waals surface area contributed by atoms with Gasteiger partial charge in [0, 0.05) is 19.0 Å². The number of ether oxygens (including phenoxy) is 1. The van der Waals surface area contributed by atoms with Crippen LogP contribution in [-0.4, -0.2) is 43.1 Å². The first kappa shape index (κ1) is 16.1. The third-order valence-electron chi connectivity index (χ3n) is 3.82. The Hall–Kier alpha value is -2.24. The number of piperidine rings is 1. The van der Waals surface area contributed by atoms with Crippen LogP contribution in [0.5, 0.6) is 5.75 Å². The molecule has 1 aromatic rings. The molecular weight excluding hydrogens is 282 g/mol. The van der Waals surface area contributed by atoms with E-state index in [9.17, 15) is 9.59 Å². The molecule has 1 aliphatic rings. The molecule has 6 nitrogen and oxygen atoms in total. The fraction of sp³-hybridized carbons (Fsp3) is 0.500. The molecule has 0 atom stereocenters. The Balaban J connectivity index is 1.65. The Morgan fingerprint density at radius 1 is 1.36 bits per heavy atom. The molecule has 3 N–H and O–H groups in total. The second-order valence-corrected chi connectivity index (χ2v) is 5.56. The van der Waals surface area contributed by atoms with Crippen molar-refractivity contribution in [2.24, 2.45) is 11.7 Å². The van der Waals surface area contributed by atoms with E-state index in [1.165, 1.54) is 0 Å². The van der Waals surface area contributed by atoms with Gasteiger partial charge in [-0.2, -0.15) is 0 Å². The fourth-order valence-electron chi connectivity index (χ4n) is 2.51. The predicted octanol–water partition coefficient (Wildman–Crippen LogP) is 1.28. The quantitative estimate of drug-likeness (QED) is 0.804. The van der Waals surface area contributed by atoms with Crippen molar-refractivity contribution in [1.29, 1.82) is 0 Å². The van der Waals surface area contributed by atoms with Gasteiger partial charge in [-0.25, -0.2) is 4.79 Å². The number of benzene rings is 1. The molecule has 6 heteroatoms. The van der Waals surface area contributed by atoms with Crippen LogP contribution in [-0.2, 0) is 4.79 Å². The van der Waals surface area contributed by atoms with E-state index in [-0.39, 0.29) is 17.9 Å². The van der Waals surface area contributed by atoms with Gasteiger partial charge in [-0.15, -0.1) is 0 Å². The normalized spacial score (nSPS) is 15.4. The molecule has 120 valence electrons. The summed E-state index contributed by atoms with van der Waals surface area (Å²) < 4.78 is 5.58. The number of aryl methyl sites for hydroxylation is 1. The highest BCUT2D eigenvalue weighted by atomic mass is 16.5. The van der Waals surface area contributed by atoms with Crippen LogP contribution in [0.1, 0.15) is 18.4 Å². The van der Waals surface area contributed by atoms with Gasteiger partial charge in [0.1, 0.15) is 12.4 Å². The van der Waals surface area contributed by atoms with Crippen LogP contribution in [0.3, 0.4) is 0 Å². The van der Waals surface area contributed by atoms with Crippen molar-refractivity contribution in [3.8, 4) is 5.75 Å². The molecule has 22 heavy (non-hydrogen) atoms. The molecule has 0 bridgehead atoms. The number of nitrogens with zero attached hydrogens (tertiary/aromatic N) is 1. The molecular formula is C16H23N3O3. The zero-order valence-corrected chi connectivity index (χ0v) is 12.9. The van der Waals surface area contributed by atoms with E-state index < -0.39 is 0 Å². The largest absolute Gasteiger partial charge is 0.492 e. The minimum Gasteiger partial charge on any atom is -0.492 e. The number of likely N-dealkylation sites (tertiary alicyclic amines) is 1. The molecule has 0 unspecified atom stereocenters. The van der Waals surface area contributed by atoms with Gasteiger partial charge in [0.05, 0.1) is 6.54 Å². The molecule has 3 amide bonds. The van der Waals surface area contributed by atoms with Crippen LogP contribution in [0.2, 0.25) is 0 Å². The lowest BCUT2D eigenvalue weighted by Crippen LogP contribution is -2.47. The van der Waals surface area contributed by atoms with E-state index in [0.29, 0.717) is 39.1 Å². The highest BCUT2D eigenvalue weighted by molar-refractivity contribution is 5.78. The second-order valence-electron chi connectivity index (χ2n) is 5.56. The number of primary amides is 1. The molecule has 1 heterocycles. The molecule has 0 aliphatic carbocycles. The van der Waals surface area contributed by atoms with E-state index in [1.807, 2.05) is 31.2 Å². The van der Waals surface area contributed by atoms with Gasteiger partial charge in [-0.1, -0.05) is 12.1 Å². The van der Waals surface area contributed by atoms with Crippen molar-refractivity contribution >= 4 is 11.9 Å². The van der Waals surface area contributed by atoms with Crippen LogP contribution in [0.25, 0.3) is 0 Å². The van der Waals surface area contributed by atoms with Crippen LogP contribution < -0.4 is 15.8 Å². The summed E-state index contributed by atoms with van der Waals surface area (Å²) in [7, 11) is 0. The van der Waals surface area contributed by atoms with Crippen molar-refractivity contribution in [1.82, 2.24) is 10.2 Å². The molecule has 1 saturated heterocycles. The van der Waals surface area contributed by atoms with Crippen LogP contribution >= 0.6 is 0 Å². The number of carbonyl (C=O) groups excluding carboxylic acids is 2. The first-order valence-electron chi connectivity index (χ1n) is 7.58. The lowest BCUT2D eigenvalue weighted by molar-refractivity contribution is -0.123. The van der Waals surface area contributed by atoms with Gasteiger partial charge in [0.15, 0.2) is 0 Å². The Morgan fingerprint density at radius 2 is 2.09 bits per heavy atom. The summed E-state index contributed by atoms with van der Waals surface area (Å²) in [5, 5.41) is 2.83. The first-order chi connectivity index (χ1) is 10.6. The van der Waals surface area contributed by atoms with Gasteiger partial charge in [0.2, 0.25) is 5.91 Å². The summed E-state index contributed by atoms with van der Waals surface area (Å²) in [5.74, 6) is 0.428.